The van der Waals surface area contributed by atoms with E-state index in [0.29, 0.717) is 29.6 Å². The van der Waals surface area contributed by atoms with Crippen LogP contribution in [0, 0.1) is 0 Å². The number of nitrogens with one attached hydrogen (secondary N) is 2. The Balaban J connectivity index is 0.00000320. The maximum absolute atomic E-state index is 12.7. The van der Waals surface area contributed by atoms with E-state index < -0.39 is 6.61 Å². The van der Waals surface area contributed by atoms with Gasteiger partial charge in [-0.2, -0.15) is 8.78 Å². The highest BCUT2D eigenvalue weighted by Crippen LogP contribution is 2.38. The molecule has 0 saturated carbocycles. The zero-order valence-corrected chi connectivity index (χ0v) is 18.9. The molecule has 7 nitrogen and oxygen atoms in total. The monoisotopic (exact) mass is 535 g/mol. The standard InChI is InChI=1S/C20H23F2N3O4.HI/c1-23-20(24-8-7-13-5-3-4-6-15(13)26-2)25-11-14-9-17-18(28-12-27-17)10-16(14)29-19(21)22;/h3-6,9-10,19H,7-8,11-12H2,1-2H3,(H2,23,24,25);1H. The highest BCUT2D eigenvalue weighted by molar-refractivity contribution is 14.0. The van der Waals surface area contributed by atoms with Gasteiger partial charge in [-0.15, -0.1) is 24.0 Å². The number of guanidine groups is 1. The summed E-state index contributed by atoms with van der Waals surface area (Å²) in [6, 6.07) is 10.8. The highest BCUT2D eigenvalue weighted by Gasteiger charge is 2.20. The van der Waals surface area contributed by atoms with E-state index in [1.165, 1.54) is 6.07 Å². The fourth-order valence-corrected chi connectivity index (χ4v) is 2.93. The van der Waals surface area contributed by atoms with E-state index in [0.717, 1.165) is 17.7 Å². The second kappa shape index (κ2) is 11.6. The van der Waals surface area contributed by atoms with Crippen molar-refractivity contribution >= 4 is 29.9 Å². The van der Waals surface area contributed by atoms with Gasteiger partial charge in [0, 0.05) is 31.8 Å². The minimum atomic E-state index is -2.94. The van der Waals surface area contributed by atoms with E-state index in [4.69, 9.17) is 14.2 Å². The predicted molar refractivity (Wildman–Crippen MR) is 120 cm³/mol. The third kappa shape index (κ3) is 6.25. The number of nitrogens with zero attached hydrogens (tertiary/aromatic N) is 1. The van der Waals surface area contributed by atoms with Crippen LogP contribution in [0.25, 0.3) is 0 Å². The smallest absolute Gasteiger partial charge is 0.387 e. The number of ether oxygens (including phenoxy) is 4. The van der Waals surface area contributed by atoms with Crippen LogP contribution in [0.15, 0.2) is 41.4 Å². The van der Waals surface area contributed by atoms with Crippen molar-refractivity contribution in [1.29, 1.82) is 0 Å². The molecular weight excluding hydrogens is 511 g/mol. The molecule has 30 heavy (non-hydrogen) atoms. The van der Waals surface area contributed by atoms with E-state index in [2.05, 4.69) is 20.4 Å². The molecule has 0 spiro atoms. The molecule has 2 aromatic carbocycles. The summed E-state index contributed by atoms with van der Waals surface area (Å²) in [6.07, 6.45) is 0.731. The normalized spacial score (nSPS) is 12.4. The molecule has 0 radical (unpaired) electrons. The number of halogens is 3. The van der Waals surface area contributed by atoms with Crippen molar-refractivity contribution in [2.75, 3.05) is 27.5 Å². The van der Waals surface area contributed by atoms with Gasteiger partial charge in [0.25, 0.3) is 0 Å². The third-order valence-electron chi connectivity index (χ3n) is 4.32. The van der Waals surface area contributed by atoms with Gasteiger partial charge in [0.2, 0.25) is 6.79 Å². The first kappa shape index (κ1) is 23.8. The molecule has 164 valence electrons. The van der Waals surface area contributed by atoms with Gasteiger partial charge in [0.15, 0.2) is 17.5 Å². The number of rotatable bonds is 8. The van der Waals surface area contributed by atoms with Crippen LogP contribution in [0.1, 0.15) is 11.1 Å². The van der Waals surface area contributed by atoms with Gasteiger partial charge in [-0.1, -0.05) is 18.2 Å². The summed E-state index contributed by atoms with van der Waals surface area (Å²) in [6.45, 7) is -2.06. The summed E-state index contributed by atoms with van der Waals surface area (Å²) in [4.78, 5) is 4.16. The Morgan fingerprint density at radius 1 is 1.10 bits per heavy atom. The molecule has 0 atom stereocenters. The summed E-state index contributed by atoms with van der Waals surface area (Å²) in [7, 11) is 3.27. The lowest BCUT2D eigenvalue weighted by Crippen LogP contribution is -2.38. The van der Waals surface area contributed by atoms with E-state index >= 15 is 0 Å². The van der Waals surface area contributed by atoms with Gasteiger partial charge < -0.3 is 29.6 Å². The first-order valence-electron chi connectivity index (χ1n) is 9.04. The minimum Gasteiger partial charge on any atom is -0.496 e. The molecule has 0 bridgehead atoms. The minimum absolute atomic E-state index is 0. The van der Waals surface area contributed by atoms with Crippen molar-refractivity contribution in [2.45, 2.75) is 19.6 Å². The number of alkyl halides is 2. The van der Waals surface area contributed by atoms with Crippen molar-refractivity contribution in [3.63, 3.8) is 0 Å². The van der Waals surface area contributed by atoms with Crippen LogP contribution in [0.5, 0.6) is 23.0 Å². The number of hydrogen-bond acceptors (Lipinski definition) is 5. The summed E-state index contributed by atoms with van der Waals surface area (Å²) in [5, 5.41) is 6.28. The molecule has 0 aliphatic carbocycles. The number of para-hydroxylation sites is 1. The van der Waals surface area contributed by atoms with Crippen LogP contribution in [0.3, 0.4) is 0 Å². The van der Waals surface area contributed by atoms with Crippen LogP contribution in [0.4, 0.5) is 8.78 Å². The molecule has 1 aliphatic rings. The molecule has 2 N–H and O–H groups in total. The molecule has 0 unspecified atom stereocenters. The SMILES string of the molecule is CN=C(NCCc1ccccc1OC)NCc1cc2c(cc1OC(F)F)OCO2.I. The Morgan fingerprint density at radius 2 is 1.83 bits per heavy atom. The molecule has 3 rings (SSSR count). The Kier molecular flexibility index (Phi) is 9.21. The summed E-state index contributed by atoms with van der Waals surface area (Å²) in [5.41, 5.74) is 1.57. The fourth-order valence-electron chi connectivity index (χ4n) is 2.93. The Morgan fingerprint density at radius 3 is 2.53 bits per heavy atom. The second-order valence-electron chi connectivity index (χ2n) is 6.11. The van der Waals surface area contributed by atoms with Crippen molar-refractivity contribution in [2.24, 2.45) is 4.99 Å². The van der Waals surface area contributed by atoms with Crippen molar-refractivity contribution in [3.05, 3.63) is 47.5 Å². The van der Waals surface area contributed by atoms with E-state index in [9.17, 15) is 8.78 Å². The van der Waals surface area contributed by atoms with E-state index in [1.807, 2.05) is 24.3 Å². The molecule has 2 aromatic rings. The summed E-state index contributed by atoms with van der Waals surface area (Å²) in [5.74, 6) is 2.25. The van der Waals surface area contributed by atoms with Gasteiger partial charge in [-0.3, -0.25) is 4.99 Å². The highest BCUT2D eigenvalue weighted by atomic mass is 127. The molecule has 10 heteroatoms. The van der Waals surface area contributed by atoms with Gasteiger partial charge in [-0.25, -0.2) is 0 Å². The second-order valence-corrected chi connectivity index (χ2v) is 6.11. The van der Waals surface area contributed by atoms with Gasteiger partial charge in [0.05, 0.1) is 7.11 Å². The molecule has 0 fully saturated rings. The molecule has 1 aliphatic heterocycles. The number of fused-ring (bicyclic) bond motifs is 1. The lowest BCUT2D eigenvalue weighted by molar-refractivity contribution is -0.0505. The Labute approximate surface area is 190 Å². The maximum atomic E-state index is 12.7. The molecule has 0 amide bonds. The van der Waals surface area contributed by atoms with Gasteiger partial charge in [-0.05, 0) is 24.1 Å². The predicted octanol–water partition coefficient (Wildman–Crippen LogP) is 3.55. The summed E-state index contributed by atoms with van der Waals surface area (Å²) >= 11 is 0. The van der Waals surface area contributed by atoms with Crippen LogP contribution < -0.4 is 29.6 Å². The number of benzene rings is 2. The zero-order chi connectivity index (χ0) is 20.6. The van der Waals surface area contributed by atoms with Crippen LogP contribution in [-0.2, 0) is 13.0 Å². The van der Waals surface area contributed by atoms with Gasteiger partial charge in [0.1, 0.15) is 11.5 Å². The Bertz CT molecular complexity index is 868. The largest absolute Gasteiger partial charge is 0.496 e. The van der Waals surface area contributed by atoms with Crippen molar-refractivity contribution < 1.29 is 27.7 Å². The van der Waals surface area contributed by atoms with Crippen molar-refractivity contribution in [3.8, 4) is 23.0 Å². The molecule has 1 heterocycles. The van der Waals surface area contributed by atoms with Crippen molar-refractivity contribution in [1.82, 2.24) is 10.6 Å². The lowest BCUT2D eigenvalue weighted by Gasteiger charge is -2.15. The summed E-state index contributed by atoms with van der Waals surface area (Å²) < 4.78 is 46.0. The third-order valence-corrected chi connectivity index (χ3v) is 4.32. The average molecular weight is 535 g/mol. The Hall–Kier alpha value is -2.50. The molecule has 0 aromatic heterocycles. The van der Waals surface area contributed by atoms with Crippen LogP contribution in [-0.4, -0.2) is 40.1 Å². The van der Waals surface area contributed by atoms with Gasteiger partial charge >= 0.3 is 6.61 Å². The number of aliphatic imine (C=N–C) groups is 1. The topological polar surface area (TPSA) is 73.3 Å². The van der Waals surface area contributed by atoms with Crippen LogP contribution >= 0.6 is 24.0 Å². The first-order chi connectivity index (χ1) is 14.1. The lowest BCUT2D eigenvalue weighted by atomic mass is 10.1. The quantitative estimate of drug-likeness (QED) is 0.306. The molecule has 0 saturated heterocycles. The maximum Gasteiger partial charge on any atom is 0.387 e. The van der Waals surface area contributed by atoms with E-state index in [1.54, 1.807) is 20.2 Å². The number of methoxy groups -OCH3 is 1. The fraction of sp³-hybridized carbons (Fsp3) is 0.350. The zero-order valence-electron chi connectivity index (χ0n) is 16.6. The first-order valence-corrected chi connectivity index (χ1v) is 9.04. The number of hydrogen-bond donors (Lipinski definition) is 2. The average Bonchev–Trinajstić information content (AvgIpc) is 3.17. The van der Waals surface area contributed by atoms with E-state index in [-0.39, 0.29) is 43.1 Å². The molecular formula is C20H24F2IN3O4. The van der Waals surface area contributed by atoms with Crippen LogP contribution in [0.2, 0.25) is 0 Å².